The average Bonchev–Trinajstić information content (AvgIpc) is 2.69. The molecule has 0 unspecified atom stereocenters. The molecule has 2 aromatic rings. The highest BCUT2D eigenvalue weighted by Gasteiger charge is 2.35. The summed E-state index contributed by atoms with van der Waals surface area (Å²) in [6.07, 6.45) is 1.40. The van der Waals surface area contributed by atoms with E-state index in [-0.39, 0.29) is 12.4 Å². The Bertz CT molecular complexity index is 810. The summed E-state index contributed by atoms with van der Waals surface area (Å²) in [6.45, 7) is 1.40. The second kappa shape index (κ2) is 9.38. The number of rotatable bonds is 7. The summed E-state index contributed by atoms with van der Waals surface area (Å²) in [5.41, 5.74) is 8.21. The van der Waals surface area contributed by atoms with Gasteiger partial charge in [-0.3, -0.25) is 4.84 Å². The van der Waals surface area contributed by atoms with Crippen LogP contribution in [0.4, 0.5) is 9.18 Å². The lowest BCUT2D eigenvalue weighted by Gasteiger charge is -2.36. The molecular weight excluding hydrogens is 383 g/mol. The number of primary amides is 1. The molecule has 1 fully saturated rings. The zero-order valence-electron chi connectivity index (χ0n) is 15.6. The summed E-state index contributed by atoms with van der Waals surface area (Å²) in [4.78, 5) is 17.3. The van der Waals surface area contributed by atoms with E-state index in [0.29, 0.717) is 26.1 Å². The highest BCUT2D eigenvalue weighted by atomic mass is 32.2. The van der Waals surface area contributed by atoms with Crippen LogP contribution in [0.5, 0.6) is 0 Å². The largest absolute Gasteiger partial charge is 0.381 e. The lowest BCUT2D eigenvalue weighted by Crippen LogP contribution is -2.35. The van der Waals surface area contributed by atoms with Crippen LogP contribution in [0.15, 0.2) is 52.3 Å². The van der Waals surface area contributed by atoms with E-state index in [1.54, 1.807) is 13.2 Å². The van der Waals surface area contributed by atoms with Gasteiger partial charge in [0, 0.05) is 43.0 Å². The van der Waals surface area contributed by atoms with Gasteiger partial charge in [-0.2, -0.15) is 0 Å². The third kappa shape index (κ3) is 5.23. The monoisotopic (exact) mass is 406 g/mol. The first-order valence-electron chi connectivity index (χ1n) is 8.89. The van der Waals surface area contributed by atoms with Crippen molar-refractivity contribution in [2.24, 2.45) is 5.73 Å². The molecule has 0 atom stereocenters. The van der Waals surface area contributed by atoms with Crippen LogP contribution in [0.1, 0.15) is 24.0 Å². The molecule has 1 aliphatic rings. The minimum atomic E-state index is -0.743. The maximum absolute atomic E-state index is 14.3. The van der Waals surface area contributed by atoms with Gasteiger partial charge in [0.2, 0.25) is 0 Å². The third-order valence-corrected chi connectivity index (χ3v) is 5.64. The van der Waals surface area contributed by atoms with Gasteiger partial charge >= 0.3 is 6.03 Å². The minimum absolute atomic E-state index is 0.205. The Kier molecular flexibility index (Phi) is 6.90. The van der Waals surface area contributed by atoms with Crippen molar-refractivity contribution in [3.05, 3.63) is 59.4 Å². The van der Waals surface area contributed by atoms with Crippen molar-refractivity contribution >= 4 is 17.8 Å². The normalized spacial score (nSPS) is 15.9. The highest BCUT2D eigenvalue weighted by molar-refractivity contribution is 7.99. The summed E-state index contributed by atoms with van der Waals surface area (Å²) < 4.78 is 25.5. The van der Waals surface area contributed by atoms with Crippen molar-refractivity contribution < 1.29 is 23.5 Å². The number of benzene rings is 2. The van der Waals surface area contributed by atoms with Crippen LogP contribution in [-0.2, 0) is 26.5 Å². The molecule has 1 aliphatic heterocycles. The smallest absolute Gasteiger partial charge is 0.336 e. The molecule has 6 nitrogen and oxygen atoms in total. The van der Waals surface area contributed by atoms with Crippen molar-refractivity contribution in [2.45, 2.75) is 34.8 Å². The molecule has 0 radical (unpaired) electrons. The zero-order valence-corrected chi connectivity index (χ0v) is 16.4. The van der Waals surface area contributed by atoms with Crippen molar-refractivity contribution in [1.29, 1.82) is 0 Å². The van der Waals surface area contributed by atoms with Crippen molar-refractivity contribution in [2.75, 3.05) is 20.3 Å². The SMILES string of the molecule is COC1(c2cc(F)cc(Sc3ccc(CONC(N)=O)cc3)c2)CCOCC1. The zero-order chi connectivity index (χ0) is 20.0. The number of halogens is 1. The summed E-state index contributed by atoms with van der Waals surface area (Å²) in [5, 5.41) is 0. The number of carbonyl (C=O) groups excluding carboxylic acids is 1. The number of amides is 2. The molecule has 0 aromatic heterocycles. The quantitative estimate of drug-likeness (QED) is 0.685. The first kappa shape index (κ1) is 20.6. The number of urea groups is 1. The predicted octanol–water partition coefficient (Wildman–Crippen LogP) is 3.73. The molecule has 2 aromatic carbocycles. The number of carbonyl (C=O) groups is 1. The van der Waals surface area contributed by atoms with Gasteiger partial charge in [-0.25, -0.2) is 14.7 Å². The molecule has 2 amide bonds. The second-order valence-electron chi connectivity index (χ2n) is 6.49. The first-order valence-corrected chi connectivity index (χ1v) is 9.70. The summed E-state index contributed by atoms with van der Waals surface area (Å²) in [6, 6.07) is 11.9. The van der Waals surface area contributed by atoms with Gasteiger partial charge in [0.05, 0.1) is 12.2 Å². The molecule has 0 aliphatic carbocycles. The average molecular weight is 406 g/mol. The first-order chi connectivity index (χ1) is 13.5. The highest BCUT2D eigenvalue weighted by Crippen LogP contribution is 2.38. The maximum Gasteiger partial charge on any atom is 0.336 e. The van der Waals surface area contributed by atoms with E-state index < -0.39 is 11.6 Å². The lowest BCUT2D eigenvalue weighted by atomic mass is 9.86. The van der Waals surface area contributed by atoms with Gasteiger partial charge in [-0.15, -0.1) is 0 Å². The molecule has 150 valence electrons. The van der Waals surface area contributed by atoms with Gasteiger partial charge in [0.25, 0.3) is 0 Å². The molecule has 0 saturated carbocycles. The van der Waals surface area contributed by atoms with E-state index in [9.17, 15) is 9.18 Å². The molecular formula is C20H23FN2O4S. The summed E-state index contributed by atoms with van der Waals surface area (Å²) in [5.74, 6) is -0.287. The number of nitrogens with two attached hydrogens (primary N) is 1. The standard InChI is InChI=1S/C20H23FN2O4S/c1-25-20(6-8-26-9-7-20)15-10-16(21)12-18(11-15)28-17-4-2-14(3-5-17)13-27-23-19(22)24/h2-5,10-12H,6-9,13H2,1H3,(H3,22,23,24). The Labute approximate surface area is 167 Å². The molecule has 0 bridgehead atoms. The van der Waals surface area contributed by atoms with E-state index in [1.807, 2.05) is 30.3 Å². The van der Waals surface area contributed by atoms with Crippen molar-refractivity contribution in [3.8, 4) is 0 Å². The van der Waals surface area contributed by atoms with E-state index >= 15 is 0 Å². The fraction of sp³-hybridized carbons (Fsp3) is 0.350. The maximum atomic E-state index is 14.3. The van der Waals surface area contributed by atoms with Gasteiger partial charge < -0.3 is 15.2 Å². The van der Waals surface area contributed by atoms with Gasteiger partial charge in [-0.05, 0) is 41.5 Å². The van der Waals surface area contributed by atoms with Crippen LogP contribution in [0, 0.1) is 5.82 Å². The fourth-order valence-corrected chi connectivity index (χ4v) is 4.08. The summed E-state index contributed by atoms with van der Waals surface area (Å²) >= 11 is 1.47. The van der Waals surface area contributed by atoms with Gasteiger partial charge in [-0.1, -0.05) is 23.9 Å². The minimum Gasteiger partial charge on any atom is -0.381 e. The molecule has 3 N–H and O–H groups in total. The Morgan fingerprint density at radius 2 is 1.93 bits per heavy atom. The predicted molar refractivity (Wildman–Crippen MR) is 103 cm³/mol. The number of hydroxylamine groups is 1. The number of nitrogens with one attached hydrogen (secondary N) is 1. The molecule has 3 rings (SSSR count). The summed E-state index contributed by atoms with van der Waals surface area (Å²) in [7, 11) is 1.66. The van der Waals surface area contributed by atoms with Crippen LogP contribution in [0.2, 0.25) is 0 Å². The Hall–Kier alpha value is -2.13. The van der Waals surface area contributed by atoms with E-state index in [1.165, 1.54) is 17.8 Å². The molecule has 1 heterocycles. The Morgan fingerprint density at radius 1 is 1.21 bits per heavy atom. The number of hydrogen-bond donors (Lipinski definition) is 2. The van der Waals surface area contributed by atoms with Gasteiger partial charge in [0.15, 0.2) is 0 Å². The van der Waals surface area contributed by atoms with Crippen LogP contribution in [-0.4, -0.2) is 26.4 Å². The van der Waals surface area contributed by atoms with Crippen molar-refractivity contribution in [3.63, 3.8) is 0 Å². The Balaban J connectivity index is 1.72. The van der Waals surface area contributed by atoms with Crippen molar-refractivity contribution in [1.82, 2.24) is 5.48 Å². The topological polar surface area (TPSA) is 82.8 Å². The van der Waals surface area contributed by atoms with E-state index in [4.69, 9.17) is 20.0 Å². The number of methoxy groups -OCH3 is 1. The molecule has 8 heteroatoms. The number of ether oxygens (including phenoxy) is 2. The van der Waals surface area contributed by atoms with Crippen LogP contribution in [0.3, 0.4) is 0 Å². The molecule has 0 spiro atoms. The second-order valence-corrected chi connectivity index (χ2v) is 7.63. The Morgan fingerprint density at radius 3 is 2.57 bits per heavy atom. The molecule has 28 heavy (non-hydrogen) atoms. The van der Waals surface area contributed by atoms with Crippen LogP contribution < -0.4 is 11.2 Å². The van der Waals surface area contributed by atoms with Gasteiger partial charge in [0.1, 0.15) is 5.82 Å². The fourth-order valence-electron chi connectivity index (χ4n) is 3.18. The van der Waals surface area contributed by atoms with E-state index in [0.717, 1.165) is 20.9 Å². The van der Waals surface area contributed by atoms with E-state index in [2.05, 4.69) is 5.48 Å². The lowest BCUT2D eigenvalue weighted by molar-refractivity contribution is -0.0950. The molecule has 1 saturated heterocycles. The number of hydrogen-bond acceptors (Lipinski definition) is 5. The van der Waals surface area contributed by atoms with Crippen LogP contribution >= 0.6 is 11.8 Å². The van der Waals surface area contributed by atoms with Crippen LogP contribution in [0.25, 0.3) is 0 Å². The third-order valence-electron chi connectivity index (χ3n) is 4.66.